The molecule has 1 saturated heterocycles. The molecule has 12 heteroatoms. The standard InChI is InChI=1S/C16H24N6O2S3.HI/c1-12-11-14(13(2)26-12)27(23,24)20-4-3-18-15(17)21-6-8-22(9-7-21)16-19-5-10-25-16;/h5,10-11,20H,3-4,6-9H2,1-2H3,(H2,17,18);1H. The Morgan fingerprint density at radius 3 is 2.61 bits per heavy atom. The number of aromatic nitrogens is 1. The van der Waals surface area contributed by atoms with Crippen LogP contribution in [0.15, 0.2) is 27.5 Å². The highest BCUT2D eigenvalue weighted by atomic mass is 127. The first kappa shape index (κ1) is 23.3. The fourth-order valence-corrected chi connectivity index (χ4v) is 6.17. The zero-order valence-corrected chi connectivity index (χ0v) is 20.6. The fourth-order valence-electron chi connectivity index (χ4n) is 2.90. The smallest absolute Gasteiger partial charge is 0.241 e. The number of nitrogens with one attached hydrogen (secondary N) is 1. The maximum absolute atomic E-state index is 12.4. The summed E-state index contributed by atoms with van der Waals surface area (Å²) in [5.41, 5.74) is 6.07. The number of anilines is 1. The summed E-state index contributed by atoms with van der Waals surface area (Å²) in [6.07, 6.45) is 1.81. The topological polar surface area (TPSA) is 104 Å². The van der Waals surface area contributed by atoms with E-state index in [2.05, 4.69) is 19.6 Å². The lowest BCUT2D eigenvalue weighted by Crippen LogP contribution is -2.51. The minimum absolute atomic E-state index is 0. The molecule has 0 unspecified atom stereocenters. The van der Waals surface area contributed by atoms with E-state index in [1.165, 1.54) is 11.3 Å². The molecule has 0 aliphatic carbocycles. The van der Waals surface area contributed by atoms with Gasteiger partial charge in [-0.1, -0.05) is 0 Å². The summed E-state index contributed by atoms with van der Waals surface area (Å²) in [6.45, 7) is 7.46. The lowest BCUT2D eigenvalue weighted by molar-refractivity contribution is 0.380. The molecule has 1 fully saturated rings. The van der Waals surface area contributed by atoms with Gasteiger partial charge in [-0.25, -0.2) is 18.1 Å². The molecule has 0 saturated carbocycles. The van der Waals surface area contributed by atoms with Crippen LogP contribution in [0.5, 0.6) is 0 Å². The summed E-state index contributed by atoms with van der Waals surface area (Å²) in [7, 11) is -3.50. The van der Waals surface area contributed by atoms with E-state index < -0.39 is 10.0 Å². The number of hydrogen-bond acceptors (Lipinski definition) is 7. The molecule has 28 heavy (non-hydrogen) atoms. The van der Waals surface area contributed by atoms with Crippen molar-refractivity contribution in [3.05, 3.63) is 27.4 Å². The third-order valence-electron chi connectivity index (χ3n) is 4.26. The minimum Gasteiger partial charge on any atom is -0.370 e. The second-order valence-electron chi connectivity index (χ2n) is 6.20. The van der Waals surface area contributed by atoms with E-state index >= 15 is 0 Å². The van der Waals surface area contributed by atoms with Gasteiger partial charge in [-0.05, 0) is 19.9 Å². The predicted molar refractivity (Wildman–Crippen MR) is 127 cm³/mol. The van der Waals surface area contributed by atoms with Crippen LogP contribution in [0.3, 0.4) is 0 Å². The van der Waals surface area contributed by atoms with Crippen LogP contribution in [-0.2, 0) is 10.0 Å². The van der Waals surface area contributed by atoms with Crippen LogP contribution >= 0.6 is 46.7 Å². The highest BCUT2D eigenvalue weighted by molar-refractivity contribution is 14.0. The fraction of sp³-hybridized carbons (Fsp3) is 0.500. The summed E-state index contributed by atoms with van der Waals surface area (Å²) in [5, 5.41) is 3.00. The molecule has 3 rings (SSSR count). The average molecular weight is 557 g/mol. The molecule has 0 spiro atoms. The van der Waals surface area contributed by atoms with Crippen LogP contribution in [0.2, 0.25) is 0 Å². The second-order valence-corrected chi connectivity index (χ2v) is 10.3. The largest absolute Gasteiger partial charge is 0.370 e. The lowest BCUT2D eigenvalue weighted by Gasteiger charge is -2.35. The van der Waals surface area contributed by atoms with Gasteiger partial charge in [0.25, 0.3) is 0 Å². The lowest BCUT2D eigenvalue weighted by atomic mass is 10.3. The second kappa shape index (κ2) is 10.2. The van der Waals surface area contributed by atoms with Crippen molar-refractivity contribution in [3.8, 4) is 0 Å². The first-order chi connectivity index (χ1) is 12.9. The van der Waals surface area contributed by atoms with E-state index in [1.54, 1.807) is 17.4 Å². The first-order valence-electron chi connectivity index (χ1n) is 8.63. The molecule has 2 aromatic heterocycles. The summed E-state index contributed by atoms with van der Waals surface area (Å²) >= 11 is 3.11. The van der Waals surface area contributed by atoms with Crippen LogP contribution in [0.25, 0.3) is 0 Å². The van der Waals surface area contributed by atoms with Gasteiger partial charge in [-0.3, -0.25) is 4.99 Å². The number of hydrogen-bond donors (Lipinski definition) is 2. The van der Waals surface area contributed by atoms with Crippen molar-refractivity contribution in [2.24, 2.45) is 10.7 Å². The molecule has 2 aromatic rings. The number of halogens is 1. The Kier molecular flexibility index (Phi) is 8.48. The Morgan fingerprint density at radius 1 is 1.32 bits per heavy atom. The van der Waals surface area contributed by atoms with Crippen molar-refractivity contribution >= 4 is 67.8 Å². The minimum atomic E-state index is -3.50. The van der Waals surface area contributed by atoms with Gasteiger partial charge < -0.3 is 15.5 Å². The SMILES string of the molecule is Cc1cc(S(=O)(=O)NCCN=C(N)N2CCN(c3nccs3)CC2)c(C)s1.I. The number of thiazole rings is 1. The number of aryl methyl sites for hydroxylation is 2. The maximum atomic E-state index is 12.4. The molecule has 0 radical (unpaired) electrons. The summed E-state index contributed by atoms with van der Waals surface area (Å²) in [6, 6.07) is 1.70. The van der Waals surface area contributed by atoms with Crippen molar-refractivity contribution in [1.82, 2.24) is 14.6 Å². The van der Waals surface area contributed by atoms with Gasteiger partial charge in [0.15, 0.2) is 11.1 Å². The molecular weight excluding hydrogens is 531 g/mol. The zero-order chi connectivity index (χ0) is 19.4. The Hall–Kier alpha value is -0.960. The molecule has 0 amide bonds. The van der Waals surface area contributed by atoms with Crippen molar-refractivity contribution in [1.29, 1.82) is 0 Å². The van der Waals surface area contributed by atoms with E-state index in [-0.39, 0.29) is 30.5 Å². The number of aliphatic imine (C=N–C) groups is 1. The molecule has 0 atom stereocenters. The molecule has 156 valence electrons. The zero-order valence-electron chi connectivity index (χ0n) is 15.8. The van der Waals surface area contributed by atoms with Gasteiger partial charge in [-0.15, -0.1) is 46.7 Å². The van der Waals surface area contributed by atoms with Crippen LogP contribution < -0.4 is 15.4 Å². The molecule has 0 aromatic carbocycles. The molecule has 3 heterocycles. The van der Waals surface area contributed by atoms with Crippen LogP contribution in [0.4, 0.5) is 5.13 Å². The van der Waals surface area contributed by atoms with Crippen molar-refractivity contribution in [2.75, 3.05) is 44.2 Å². The number of piperazine rings is 1. The number of rotatable bonds is 6. The number of nitrogens with zero attached hydrogens (tertiary/aromatic N) is 4. The van der Waals surface area contributed by atoms with Crippen molar-refractivity contribution in [2.45, 2.75) is 18.7 Å². The number of sulfonamides is 1. The average Bonchev–Trinajstić information content (AvgIpc) is 3.28. The van der Waals surface area contributed by atoms with Gasteiger partial charge in [0, 0.05) is 54.1 Å². The van der Waals surface area contributed by atoms with Gasteiger partial charge in [-0.2, -0.15) is 0 Å². The van der Waals surface area contributed by atoms with E-state index in [4.69, 9.17) is 5.73 Å². The molecule has 3 N–H and O–H groups in total. The van der Waals surface area contributed by atoms with Gasteiger partial charge in [0.05, 0.1) is 11.4 Å². The number of nitrogens with two attached hydrogens (primary N) is 1. The van der Waals surface area contributed by atoms with Gasteiger partial charge >= 0.3 is 0 Å². The predicted octanol–water partition coefficient (Wildman–Crippen LogP) is 1.85. The Morgan fingerprint density at radius 2 is 2.04 bits per heavy atom. The van der Waals surface area contributed by atoms with Gasteiger partial charge in [0.1, 0.15) is 0 Å². The summed E-state index contributed by atoms with van der Waals surface area (Å²) < 4.78 is 27.3. The molecular formula is C16H25IN6O2S3. The highest BCUT2D eigenvalue weighted by Crippen LogP contribution is 2.24. The summed E-state index contributed by atoms with van der Waals surface area (Å²) in [5.74, 6) is 0.454. The molecule has 1 aliphatic rings. The normalized spacial score (nSPS) is 15.6. The monoisotopic (exact) mass is 556 g/mol. The Balaban J connectivity index is 0.00000280. The molecule has 8 nitrogen and oxygen atoms in total. The van der Waals surface area contributed by atoms with Crippen LogP contribution in [0.1, 0.15) is 9.75 Å². The third-order valence-corrected chi connectivity index (χ3v) is 7.77. The van der Waals surface area contributed by atoms with E-state index in [0.717, 1.165) is 41.1 Å². The number of guanidine groups is 1. The summed E-state index contributed by atoms with van der Waals surface area (Å²) in [4.78, 5) is 15.0. The molecule has 0 bridgehead atoms. The molecule has 1 aliphatic heterocycles. The number of thiophene rings is 1. The Bertz CT molecular complexity index is 890. The highest BCUT2D eigenvalue weighted by Gasteiger charge is 2.20. The van der Waals surface area contributed by atoms with Crippen molar-refractivity contribution < 1.29 is 8.42 Å². The van der Waals surface area contributed by atoms with Crippen LogP contribution in [-0.4, -0.2) is 63.5 Å². The van der Waals surface area contributed by atoms with Gasteiger partial charge in [0.2, 0.25) is 10.0 Å². The van der Waals surface area contributed by atoms with E-state index in [0.29, 0.717) is 17.4 Å². The maximum Gasteiger partial charge on any atom is 0.241 e. The van der Waals surface area contributed by atoms with Crippen molar-refractivity contribution in [3.63, 3.8) is 0 Å². The quantitative estimate of drug-likeness (QED) is 0.244. The first-order valence-corrected chi connectivity index (χ1v) is 11.8. The van der Waals surface area contributed by atoms with Crippen LogP contribution in [0, 0.1) is 13.8 Å². The third kappa shape index (κ3) is 5.78. The van der Waals surface area contributed by atoms with E-state index in [1.807, 2.05) is 30.3 Å². The Labute approximate surface area is 190 Å². The van der Waals surface area contributed by atoms with E-state index in [9.17, 15) is 8.42 Å².